The fourth-order valence-electron chi connectivity index (χ4n) is 2.32. The lowest BCUT2D eigenvalue weighted by Gasteiger charge is -2.10. The van der Waals surface area contributed by atoms with Crippen molar-refractivity contribution in [2.24, 2.45) is 4.99 Å². The molecule has 1 aliphatic heterocycles. The van der Waals surface area contributed by atoms with Gasteiger partial charge >= 0.3 is 0 Å². The van der Waals surface area contributed by atoms with Crippen LogP contribution in [0.5, 0.6) is 0 Å². The summed E-state index contributed by atoms with van der Waals surface area (Å²) in [5, 5.41) is 5.64. The second kappa shape index (κ2) is 7.38. The van der Waals surface area contributed by atoms with Gasteiger partial charge in [-0.3, -0.25) is 9.98 Å². The van der Waals surface area contributed by atoms with E-state index in [0.29, 0.717) is 0 Å². The van der Waals surface area contributed by atoms with Gasteiger partial charge in [-0.1, -0.05) is 43.0 Å². The molecule has 0 fully saturated rings. The number of pyridine rings is 1. The van der Waals surface area contributed by atoms with Gasteiger partial charge in [0.2, 0.25) is 0 Å². The zero-order valence-electron chi connectivity index (χ0n) is 12.6. The van der Waals surface area contributed by atoms with Gasteiger partial charge in [-0.15, -0.1) is 0 Å². The molecule has 4 heteroatoms. The van der Waals surface area contributed by atoms with Crippen molar-refractivity contribution in [3.05, 3.63) is 71.0 Å². The van der Waals surface area contributed by atoms with Crippen molar-refractivity contribution >= 4 is 17.5 Å². The number of fused-ring (bicyclic) bond motifs is 1. The van der Waals surface area contributed by atoms with Crippen molar-refractivity contribution in [2.45, 2.75) is 24.8 Å². The maximum absolute atomic E-state index is 4.85. The molecule has 0 radical (unpaired) electrons. The number of rotatable bonds is 5. The number of aromatic nitrogens is 1. The first-order valence-corrected chi connectivity index (χ1v) is 8.37. The zero-order chi connectivity index (χ0) is 15.2. The van der Waals surface area contributed by atoms with E-state index >= 15 is 0 Å². The van der Waals surface area contributed by atoms with Crippen LogP contribution in [0.1, 0.15) is 24.5 Å². The maximum Gasteiger partial charge on any atom is 0.0628 e. The molecule has 0 saturated carbocycles. The van der Waals surface area contributed by atoms with Gasteiger partial charge in [0.05, 0.1) is 5.71 Å². The van der Waals surface area contributed by atoms with E-state index < -0.39 is 0 Å². The molecule has 0 atom stereocenters. The summed E-state index contributed by atoms with van der Waals surface area (Å²) >= 11 is 1.76. The number of hydrogen-bond donors (Lipinski definition) is 1. The molecule has 1 aliphatic rings. The Kier molecular flexibility index (Phi) is 5.03. The predicted molar refractivity (Wildman–Crippen MR) is 93.2 cm³/mol. The Hall–Kier alpha value is -1.91. The molecular weight excluding hydrogens is 290 g/mol. The second-order valence-electron chi connectivity index (χ2n) is 5.10. The van der Waals surface area contributed by atoms with Crippen LogP contribution in [0.2, 0.25) is 0 Å². The Morgan fingerprint density at radius 2 is 2.00 bits per heavy atom. The third-order valence-electron chi connectivity index (χ3n) is 3.51. The van der Waals surface area contributed by atoms with E-state index in [1.54, 1.807) is 18.0 Å². The fraction of sp³-hybridized carbons (Fsp3) is 0.222. The number of thioether (sulfide) groups is 1. The lowest BCUT2D eigenvalue weighted by atomic mass is 10.1. The summed E-state index contributed by atoms with van der Waals surface area (Å²) in [7, 11) is 0. The monoisotopic (exact) mass is 309 g/mol. The van der Waals surface area contributed by atoms with Crippen molar-refractivity contribution in [2.75, 3.05) is 6.54 Å². The summed E-state index contributed by atoms with van der Waals surface area (Å²) in [4.78, 5) is 10.3. The first-order chi connectivity index (χ1) is 10.9. The van der Waals surface area contributed by atoms with Crippen LogP contribution in [0, 0.1) is 0 Å². The Morgan fingerprint density at radius 1 is 1.09 bits per heavy atom. The number of aliphatic imine (C=N–C) groups is 1. The van der Waals surface area contributed by atoms with Crippen LogP contribution in [0.15, 0.2) is 69.8 Å². The highest BCUT2D eigenvalue weighted by Gasteiger charge is 2.13. The number of nitrogens with zero attached hydrogens (tertiary/aromatic N) is 2. The Balaban J connectivity index is 1.75. The zero-order valence-corrected chi connectivity index (χ0v) is 13.4. The summed E-state index contributed by atoms with van der Waals surface area (Å²) in [6, 6.07) is 12.5. The van der Waals surface area contributed by atoms with E-state index in [4.69, 9.17) is 4.99 Å². The molecule has 2 aromatic rings. The van der Waals surface area contributed by atoms with Gasteiger partial charge < -0.3 is 5.32 Å². The highest BCUT2D eigenvalue weighted by Crippen LogP contribution is 2.29. The average Bonchev–Trinajstić information content (AvgIpc) is 2.76. The van der Waals surface area contributed by atoms with Crippen LogP contribution in [-0.4, -0.2) is 17.2 Å². The number of nitrogens with one attached hydrogen (secondary N) is 1. The van der Waals surface area contributed by atoms with Crippen LogP contribution in [0.4, 0.5) is 0 Å². The van der Waals surface area contributed by atoms with Gasteiger partial charge in [-0.2, -0.15) is 0 Å². The number of allylic oxidation sites excluding steroid dienone is 1. The van der Waals surface area contributed by atoms with Crippen LogP contribution >= 0.6 is 11.8 Å². The average molecular weight is 309 g/mol. The molecule has 1 aromatic carbocycles. The predicted octanol–water partition coefficient (Wildman–Crippen LogP) is 4.02. The smallest absolute Gasteiger partial charge is 0.0628 e. The Bertz CT molecular complexity index is 692. The van der Waals surface area contributed by atoms with Crippen LogP contribution in [0.3, 0.4) is 0 Å². The standard InChI is InChI=1S/C18H19N3S/c1-2-15-13-22-18-8-4-3-7-16(18)17(21-15)12-20-11-14-6-5-9-19-10-14/h3-10,13,20H,2,11-12H2,1H3. The van der Waals surface area contributed by atoms with Crippen LogP contribution < -0.4 is 5.32 Å². The third kappa shape index (κ3) is 3.64. The molecule has 2 heterocycles. The highest BCUT2D eigenvalue weighted by atomic mass is 32.2. The molecule has 22 heavy (non-hydrogen) atoms. The van der Waals surface area contributed by atoms with E-state index in [0.717, 1.165) is 30.9 Å². The molecule has 3 rings (SSSR count). The van der Waals surface area contributed by atoms with E-state index in [-0.39, 0.29) is 0 Å². The lowest BCUT2D eigenvalue weighted by molar-refractivity contribution is 0.771. The topological polar surface area (TPSA) is 37.3 Å². The van der Waals surface area contributed by atoms with Crippen LogP contribution in [0.25, 0.3) is 0 Å². The van der Waals surface area contributed by atoms with Crippen molar-refractivity contribution in [3.63, 3.8) is 0 Å². The van der Waals surface area contributed by atoms with Crippen molar-refractivity contribution in [1.29, 1.82) is 0 Å². The summed E-state index contributed by atoms with van der Waals surface area (Å²) in [6.45, 7) is 3.70. The van der Waals surface area contributed by atoms with Gasteiger partial charge in [0, 0.05) is 41.6 Å². The summed E-state index contributed by atoms with van der Waals surface area (Å²) in [6.07, 6.45) is 4.64. The molecule has 0 spiro atoms. The maximum atomic E-state index is 4.85. The lowest BCUT2D eigenvalue weighted by Crippen LogP contribution is -2.23. The molecule has 0 aliphatic carbocycles. The van der Waals surface area contributed by atoms with Crippen molar-refractivity contribution < 1.29 is 0 Å². The third-order valence-corrected chi connectivity index (χ3v) is 4.50. The molecule has 1 N–H and O–H groups in total. The number of benzene rings is 1. The van der Waals surface area contributed by atoms with E-state index in [1.807, 2.05) is 12.3 Å². The summed E-state index contributed by atoms with van der Waals surface area (Å²) < 4.78 is 0. The van der Waals surface area contributed by atoms with E-state index in [2.05, 4.69) is 53.0 Å². The molecule has 0 bridgehead atoms. The minimum atomic E-state index is 0.754. The van der Waals surface area contributed by atoms with Gasteiger partial charge in [0.25, 0.3) is 0 Å². The SMILES string of the molecule is CCC1=CSc2ccccc2C(CNCc2cccnc2)=N1. The van der Waals surface area contributed by atoms with Gasteiger partial charge in [0.15, 0.2) is 0 Å². The van der Waals surface area contributed by atoms with E-state index in [1.165, 1.54) is 16.0 Å². The van der Waals surface area contributed by atoms with Crippen LogP contribution in [-0.2, 0) is 6.54 Å². The second-order valence-corrected chi connectivity index (χ2v) is 6.01. The summed E-state index contributed by atoms with van der Waals surface area (Å²) in [5.74, 6) is 0. The molecule has 1 aromatic heterocycles. The fourth-order valence-corrected chi connectivity index (χ4v) is 3.28. The molecular formula is C18H19N3S. The van der Waals surface area contributed by atoms with Crippen molar-refractivity contribution in [1.82, 2.24) is 10.3 Å². The molecule has 3 nitrogen and oxygen atoms in total. The number of hydrogen-bond acceptors (Lipinski definition) is 4. The normalized spacial score (nSPS) is 13.9. The van der Waals surface area contributed by atoms with E-state index in [9.17, 15) is 0 Å². The quantitative estimate of drug-likeness (QED) is 0.906. The summed E-state index contributed by atoms with van der Waals surface area (Å²) in [5.41, 5.74) is 4.66. The first-order valence-electron chi connectivity index (χ1n) is 7.49. The van der Waals surface area contributed by atoms with Crippen molar-refractivity contribution in [3.8, 4) is 0 Å². The minimum absolute atomic E-state index is 0.754. The Labute approximate surface area is 135 Å². The Morgan fingerprint density at radius 3 is 2.82 bits per heavy atom. The van der Waals surface area contributed by atoms with Gasteiger partial charge in [0.1, 0.15) is 0 Å². The highest BCUT2D eigenvalue weighted by molar-refractivity contribution is 8.02. The van der Waals surface area contributed by atoms with Gasteiger partial charge in [-0.25, -0.2) is 0 Å². The molecule has 0 amide bonds. The minimum Gasteiger partial charge on any atom is -0.307 e. The molecule has 0 saturated heterocycles. The molecule has 112 valence electrons. The first kappa shape index (κ1) is 15.0. The largest absolute Gasteiger partial charge is 0.307 e. The van der Waals surface area contributed by atoms with Gasteiger partial charge in [-0.05, 0) is 29.5 Å². The molecule has 0 unspecified atom stereocenters.